The van der Waals surface area contributed by atoms with Crippen LogP contribution in [0.2, 0.25) is 0 Å². The van der Waals surface area contributed by atoms with Gasteiger partial charge < -0.3 is 9.47 Å². The van der Waals surface area contributed by atoms with Gasteiger partial charge in [-0.25, -0.2) is 4.98 Å². The third-order valence-electron chi connectivity index (χ3n) is 5.32. The van der Waals surface area contributed by atoms with Crippen LogP contribution in [0.3, 0.4) is 0 Å². The highest BCUT2D eigenvalue weighted by atomic mass is 35.5. The molecule has 120 valence electrons. The smallest absolute Gasteiger partial charge is 0.153 e. The van der Waals surface area contributed by atoms with Crippen LogP contribution in [0.25, 0.3) is 10.9 Å². The minimum absolute atomic E-state index is 0. The van der Waals surface area contributed by atoms with E-state index in [2.05, 4.69) is 29.4 Å². The average Bonchev–Trinajstić information content (AvgIpc) is 3.32. The van der Waals surface area contributed by atoms with Crippen LogP contribution in [0.5, 0.6) is 0 Å². The zero-order valence-corrected chi connectivity index (χ0v) is 14.5. The third-order valence-corrected chi connectivity index (χ3v) is 5.32. The fourth-order valence-electron chi connectivity index (χ4n) is 3.70. The summed E-state index contributed by atoms with van der Waals surface area (Å²) < 4.78 is 2.55. The van der Waals surface area contributed by atoms with E-state index in [-0.39, 0.29) is 12.4 Å². The molecular weight excluding hydrogens is 294 g/mol. The Morgan fingerprint density at radius 3 is 2.55 bits per heavy atom. The highest BCUT2D eigenvalue weighted by molar-refractivity contribution is 5.93. The minimum atomic E-state index is 0. The number of anilines is 1. The summed E-state index contributed by atoms with van der Waals surface area (Å²) in [5.74, 6) is 2.12. The van der Waals surface area contributed by atoms with Gasteiger partial charge in [0.2, 0.25) is 0 Å². The lowest BCUT2D eigenvalue weighted by Gasteiger charge is -2.28. The first kappa shape index (κ1) is 15.7. The van der Waals surface area contributed by atoms with E-state index in [0.29, 0.717) is 0 Å². The number of pyridine rings is 1. The Kier molecular flexibility index (Phi) is 4.35. The molecule has 4 rings (SSSR count). The van der Waals surface area contributed by atoms with Gasteiger partial charge in [-0.1, -0.05) is 0 Å². The van der Waals surface area contributed by atoms with Gasteiger partial charge in [0.05, 0.1) is 5.52 Å². The van der Waals surface area contributed by atoms with Crippen molar-refractivity contribution in [2.45, 2.75) is 52.5 Å². The Hall–Kier alpha value is -1.22. The Balaban J connectivity index is 0.00000144. The third kappa shape index (κ3) is 2.60. The van der Waals surface area contributed by atoms with E-state index >= 15 is 0 Å². The van der Waals surface area contributed by atoms with Crippen molar-refractivity contribution in [3.05, 3.63) is 23.5 Å². The van der Waals surface area contributed by atoms with Gasteiger partial charge in [-0.3, -0.25) is 0 Å². The number of nitrogens with zero attached hydrogens (tertiary/aromatic N) is 3. The van der Waals surface area contributed by atoms with Gasteiger partial charge in [0.1, 0.15) is 0 Å². The average molecular weight is 320 g/mol. The minimum Gasteiger partial charge on any atom is -0.355 e. The summed E-state index contributed by atoms with van der Waals surface area (Å²) in [6.45, 7) is 8.05. The highest BCUT2D eigenvalue weighted by Gasteiger charge is 2.26. The molecule has 0 atom stereocenters. The molecule has 22 heavy (non-hydrogen) atoms. The summed E-state index contributed by atoms with van der Waals surface area (Å²) in [6.07, 6.45) is 8.78. The maximum Gasteiger partial charge on any atom is 0.153 e. The van der Waals surface area contributed by atoms with Crippen LogP contribution in [0.1, 0.15) is 43.4 Å². The molecule has 1 aliphatic carbocycles. The first-order valence-corrected chi connectivity index (χ1v) is 8.45. The topological polar surface area (TPSA) is 21.1 Å². The van der Waals surface area contributed by atoms with E-state index in [0.717, 1.165) is 5.92 Å². The molecule has 0 amide bonds. The molecule has 2 fully saturated rings. The number of halogens is 1. The van der Waals surface area contributed by atoms with Crippen LogP contribution in [0, 0.1) is 19.8 Å². The van der Waals surface area contributed by atoms with Crippen LogP contribution < -0.4 is 4.90 Å². The lowest BCUT2D eigenvalue weighted by molar-refractivity contribution is 0.572. The largest absolute Gasteiger partial charge is 0.355 e. The van der Waals surface area contributed by atoms with E-state index in [9.17, 15) is 0 Å². The van der Waals surface area contributed by atoms with Crippen LogP contribution in [0.15, 0.2) is 12.3 Å². The molecule has 0 bridgehead atoms. The second kappa shape index (κ2) is 6.11. The number of aromatic nitrogens is 2. The molecule has 0 spiro atoms. The van der Waals surface area contributed by atoms with Crippen LogP contribution in [0.4, 0.5) is 5.82 Å². The molecule has 3 heterocycles. The van der Waals surface area contributed by atoms with E-state index in [1.807, 2.05) is 6.20 Å². The van der Waals surface area contributed by atoms with E-state index in [1.54, 1.807) is 0 Å². The number of piperidine rings is 1. The van der Waals surface area contributed by atoms with Crippen LogP contribution >= 0.6 is 12.4 Å². The number of hydrogen-bond acceptors (Lipinski definition) is 2. The molecular formula is C18H26ClN3. The van der Waals surface area contributed by atoms with Gasteiger partial charge in [0.25, 0.3) is 0 Å². The number of aryl methyl sites for hydroxylation is 1. The fourth-order valence-corrected chi connectivity index (χ4v) is 3.70. The predicted octanol–water partition coefficient (Wildman–Crippen LogP) is 4.48. The summed E-state index contributed by atoms with van der Waals surface area (Å²) in [4.78, 5) is 7.29. The van der Waals surface area contributed by atoms with Crippen molar-refractivity contribution in [1.29, 1.82) is 0 Å². The first-order chi connectivity index (χ1) is 10.3. The van der Waals surface area contributed by atoms with Crippen molar-refractivity contribution < 1.29 is 0 Å². The lowest BCUT2D eigenvalue weighted by atomic mass is 10.1. The summed E-state index contributed by atoms with van der Waals surface area (Å²) in [6, 6.07) is 2.20. The molecule has 3 nitrogen and oxygen atoms in total. The predicted molar refractivity (Wildman–Crippen MR) is 95.2 cm³/mol. The molecule has 2 aromatic rings. The Morgan fingerprint density at radius 2 is 1.86 bits per heavy atom. The summed E-state index contributed by atoms with van der Waals surface area (Å²) in [5, 5.41) is 1.41. The molecule has 2 aliphatic rings. The highest BCUT2D eigenvalue weighted by Crippen LogP contribution is 2.37. The van der Waals surface area contributed by atoms with Gasteiger partial charge >= 0.3 is 0 Å². The van der Waals surface area contributed by atoms with Crippen molar-refractivity contribution in [2.75, 3.05) is 18.0 Å². The molecule has 0 N–H and O–H groups in total. The Labute approximate surface area is 139 Å². The van der Waals surface area contributed by atoms with Crippen molar-refractivity contribution in [2.24, 2.45) is 5.92 Å². The van der Waals surface area contributed by atoms with Gasteiger partial charge in [0, 0.05) is 36.9 Å². The lowest BCUT2D eigenvalue weighted by Crippen LogP contribution is -2.30. The molecule has 0 aromatic carbocycles. The first-order valence-electron chi connectivity index (χ1n) is 8.45. The molecule has 1 aliphatic heterocycles. The van der Waals surface area contributed by atoms with Crippen LogP contribution in [-0.2, 0) is 6.54 Å². The SMILES string of the molecule is Cc1c(C)n(CC2CC2)c2c(N3CCCCC3)nccc12.Cl. The standard InChI is InChI=1S/C18H25N3.ClH/c1-13-14(2)21(12-15-6-7-15)17-16(13)8-9-19-18(17)20-10-4-3-5-11-20;/h8-9,15H,3-7,10-12H2,1-2H3;1H. The summed E-state index contributed by atoms with van der Waals surface area (Å²) in [7, 11) is 0. The number of fused-ring (bicyclic) bond motifs is 1. The summed E-state index contributed by atoms with van der Waals surface area (Å²) in [5.41, 5.74) is 4.26. The van der Waals surface area contributed by atoms with E-state index < -0.39 is 0 Å². The molecule has 0 radical (unpaired) electrons. The van der Waals surface area contributed by atoms with Crippen molar-refractivity contribution in [3.63, 3.8) is 0 Å². The van der Waals surface area contributed by atoms with Gasteiger partial charge in [-0.2, -0.15) is 0 Å². The van der Waals surface area contributed by atoms with Crippen molar-refractivity contribution in [3.8, 4) is 0 Å². The molecule has 2 aromatic heterocycles. The maximum absolute atomic E-state index is 4.78. The van der Waals surface area contributed by atoms with Crippen LogP contribution in [-0.4, -0.2) is 22.6 Å². The Bertz CT molecular complexity index is 667. The molecule has 4 heteroatoms. The monoisotopic (exact) mass is 319 g/mol. The second-order valence-electron chi connectivity index (χ2n) is 6.84. The van der Waals surface area contributed by atoms with Gasteiger partial charge in [-0.05, 0) is 63.5 Å². The maximum atomic E-state index is 4.78. The molecule has 1 saturated carbocycles. The normalized spacial score (nSPS) is 18.5. The number of hydrogen-bond donors (Lipinski definition) is 0. The fraction of sp³-hybridized carbons (Fsp3) is 0.611. The van der Waals surface area contributed by atoms with Gasteiger partial charge in [0.15, 0.2) is 5.82 Å². The molecule has 1 saturated heterocycles. The second-order valence-corrected chi connectivity index (χ2v) is 6.84. The molecule has 0 unspecified atom stereocenters. The summed E-state index contributed by atoms with van der Waals surface area (Å²) >= 11 is 0. The van der Waals surface area contributed by atoms with Gasteiger partial charge in [-0.15, -0.1) is 12.4 Å². The zero-order chi connectivity index (χ0) is 14.4. The number of rotatable bonds is 3. The quantitative estimate of drug-likeness (QED) is 0.832. The van der Waals surface area contributed by atoms with Crippen molar-refractivity contribution in [1.82, 2.24) is 9.55 Å². The van der Waals surface area contributed by atoms with E-state index in [4.69, 9.17) is 4.98 Å². The van der Waals surface area contributed by atoms with E-state index in [1.165, 1.54) is 79.7 Å². The zero-order valence-electron chi connectivity index (χ0n) is 13.6. The Morgan fingerprint density at radius 1 is 1.14 bits per heavy atom. The van der Waals surface area contributed by atoms with Crippen molar-refractivity contribution >= 4 is 29.1 Å².